The van der Waals surface area contributed by atoms with Gasteiger partial charge in [0, 0.05) is 39.1 Å². The van der Waals surface area contributed by atoms with Crippen LogP contribution in [-0.4, -0.2) is 59.8 Å². The van der Waals surface area contributed by atoms with Crippen molar-refractivity contribution in [3.63, 3.8) is 0 Å². The van der Waals surface area contributed by atoms with Gasteiger partial charge in [0.05, 0.1) is 11.7 Å². The summed E-state index contributed by atoms with van der Waals surface area (Å²) < 4.78 is 0. The molecule has 1 saturated heterocycles. The van der Waals surface area contributed by atoms with Crippen LogP contribution >= 0.6 is 0 Å². The molecule has 0 saturated carbocycles. The number of β-amino-alcohol motifs (C(OH)–C–C–N with tert-alkyl or cyclic N) is 1. The van der Waals surface area contributed by atoms with E-state index in [1.807, 2.05) is 13.8 Å². The highest BCUT2D eigenvalue weighted by Gasteiger charge is 2.22. The van der Waals surface area contributed by atoms with Crippen molar-refractivity contribution >= 4 is 0 Å². The summed E-state index contributed by atoms with van der Waals surface area (Å²) in [7, 11) is 0. The summed E-state index contributed by atoms with van der Waals surface area (Å²) in [6, 6.07) is 2.18. The van der Waals surface area contributed by atoms with Gasteiger partial charge in [0.25, 0.3) is 0 Å². The molecule has 1 fully saturated rings. The van der Waals surface area contributed by atoms with Gasteiger partial charge in [0.1, 0.15) is 0 Å². The molecule has 1 rings (SSSR count). The summed E-state index contributed by atoms with van der Waals surface area (Å²) in [5.41, 5.74) is -0.588. The second-order valence-corrected chi connectivity index (χ2v) is 5.55. The Morgan fingerprint density at radius 3 is 2.24 bits per heavy atom. The fraction of sp³-hybridized carbons (Fsp3) is 0.923. The number of aliphatic hydroxyl groups is 1. The average Bonchev–Trinajstić information content (AvgIpc) is 2.25. The first-order valence-electron chi connectivity index (χ1n) is 6.55. The lowest BCUT2D eigenvalue weighted by atomic mass is 10.1. The highest BCUT2D eigenvalue weighted by Crippen LogP contribution is 2.09. The number of rotatable bonds is 6. The molecule has 0 aromatic heterocycles. The third kappa shape index (κ3) is 6.62. The lowest BCUT2D eigenvalue weighted by Gasteiger charge is -2.37. The van der Waals surface area contributed by atoms with Gasteiger partial charge in [0.2, 0.25) is 0 Å². The van der Waals surface area contributed by atoms with E-state index in [2.05, 4.69) is 15.9 Å². The molecular weight excluding hydrogens is 214 g/mol. The van der Waals surface area contributed by atoms with Gasteiger partial charge in [-0.1, -0.05) is 0 Å². The van der Waals surface area contributed by atoms with Crippen molar-refractivity contribution in [2.45, 2.75) is 38.7 Å². The molecule has 0 radical (unpaired) electrons. The Hall–Kier alpha value is -0.630. The number of piperazine rings is 1. The number of unbranched alkanes of at least 4 members (excludes halogenated alkanes) is 2. The normalized spacial score (nSPS) is 19.2. The molecule has 0 aliphatic carbocycles. The van der Waals surface area contributed by atoms with Crippen LogP contribution in [0.4, 0.5) is 0 Å². The quantitative estimate of drug-likeness (QED) is 0.704. The molecule has 98 valence electrons. The van der Waals surface area contributed by atoms with E-state index in [9.17, 15) is 5.11 Å². The minimum atomic E-state index is -0.588. The molecule has 4 heteroatoms. The highest BCUT2D eigenvalue weighted by atomic mass is 16.3. The summed E-state index contributed by atoms with van der Waals surface area (Å²) in [5, 5.41) is 18.2. The van der Waals surface area contributed by atoms with E-state index in [-0.39, 0.29) is 0 Å². The minimum absolute atomic E-state index is 0.588. The summed E-state index contributed by atoms with van der Waals surface area (Å²) in [4.78, 5) is 4.78. The second-order valence-electron chi connectivity index (χ2n) is 5.55. The molecule has 17 heavy (non-hydrogen) atoms. The second kappa shape index (κ2) is 6.95. The van der Waals surface area contributed by atoms with Crippen LogP contribution in [0.5, 0.6) is 0 Å². The van der Waals surface area contributed by atoms with Crippen LogP contribution in [0.2, 0.25) is 0 Å². The largest absolute Gasteiger partial charge is 0.389 e. The van der Waals surface area contributed by atoms with Crippen LogP contribution < -0.4 is 0 Å². The van der Waals surface area contributed by atoms with Crippen molar-refractivity contribution in [2.75, 3.05) is 39.3 Å². The fourth-order valence-electron chi connectivity index (χ4n) is 2.26. The predicted molar refractivity (Wildman–Crippen MR) is 68.6 cm³/mol. The molecule has 4 nitrogen and oxygen atoms in total. The Balaban J connectivity index is 2.11. The van der Waals surface area contributed by atoms with Gasteiger partial charge in [-0.25, -0.2) is 0 Å². The van der Waals surface area contributed by atoms with Crippen molar-refractivity contribution < 1.29 is 5.11 Å². The van der Waals surface area contributed by atoms with Gasteiger partial charge in [-0.2, -0.15) is 5.26 Å². The van der Waals surface area contributed by atoms with Crippen LogP contribution in [0.3, 0.4) is 0 Å². The third-order valence-electron chi connectivity index (χ3n) is 3.09. The molecular formula is C13H25N3O. The predicted octanol–water partition coefficient (Wildman–Crippen LogP) is 1.07. The van der Waals surface area contributed by atoms with Gasteiger partial charge < -0.3 is 10.0 Å². The minimum Gasteiger partial charge on any atom is -0.389 e. The van der Waals surface area contributed by atoms with Crippen LogP contribution in [0.25, 0.3) is 0 Å². The zero-order valence-electron chi connectivity index (χ0n) is 11.2. The van der Waals surface area contributed by atoms with Crippen molar-refractivity contribution in [3.8, 4) is 6.07 Å². The molecule has 0 aromatic carbocycles. The number of nitriles is 1. The van der Waals surface area contributed by atoms with E-state index in [0.717, 1.165) is 52.1 Å². The summed E-state index contributed by atoms with van der Waals surface area (Å²) in [6.45, 7) is 9.85. The fourth-order valence-corrected chi connectivity index (χ4v) is 2.26. The Kier molecular flexibility index (Phi) is 5.90. The molecule has 0 atom stereocenters. The SMILES string of the molecule is CC(C)(O)CN1CCN(CCCCC#N)CC1. The lowest BCUT2D eigenvalue weighted by molar-refractivity contribution is 0.0176. The molecule has 0 unspecified atom stereocenters. The molecule has 0 aromatic rings. The lowest BCUT2D eigenvalue weighted by Crippen LogP contribution is -2.50. The standard InChI is InChI=1S/C13H25N3O/c1-13(2,17)12-16-10-8-15(9-11-16)7-5-3-4-6-14/h17H,3-5,7-12H2,1-2H3. The maximum atomic E-state index is 9.75. The molecule has 0 spiro atoms. The number of hydrogen-bond donors (Lipinski definition) is 1. The molecule has 1 N–H and O–H groups in total. The number of nitrogens with zero attached hydrogens (tertiary/aromatic N) is 3. The van der Waals surface area contributed by atoms with Gasteiger partial charge in [-0.3, -0.25) is 4.90 Å². The average molecular weight is 239 g/mol. The summed E-state index contributed by atoms with van der Waals surface area (Å²) >= 11 is 0. The van der Waals surface area contributed by atoms with Crippen molar-refractivity contribution in [3.05, 3.63) is 0 Å². The van der Waals surface area contributed by atoms with Crippen molar-refractivity contribution in [1.29, 1.82) is 5.26 Å². The Morgan fingerprint density at radius 1 is 1.12 bits per heavy atom. The number of hydrogen-bond acceptors (Lipinski definition) is 4. The van der Waals surface area contributed by atoms with E-state index >= 15 is 0 Å². The van der Waals surface area contributed by atoms with Crippen LogP contribution in [0.15, 0.2) is 0 Å². The summed E-state index contributed by atoms with van der Waals surface area (Å²) in [5.74, 6) is 0. The van der Waals surface area contributed by atoms with E-state index in [0.29, 0.717) is 6.42 Å². The Labute approximate surface area is 105 Å². The van der Waals surface area contributed by atoms with Crippen molar-refractivity contribution in [1.82, 2.24) is 9.80 Å². The molecule has 0 bridgehead atoms. The van der Waals surface area contributed by atoms with Crippen LogP contribution in [-0.2, 0) is 0 Å². The molecule has 0 amide bonds. The van der Waals surface area contributed by atoms with Crippen LogP contribution in [0.1, 0.15) is 33.1 Å². The molecule has 1 aliphatic heterocycles. The Bertz CT molecular complexity index is 246. The van der Waals surface area contributed by atoms with Crippen LogP contribution in [0, 0.1) is 11.3 Å². The van der Waals surface area contributed by atoms with E-state index in [1.54, 1.807) is 0 Å². The summed E-state index contributed by atoms with van der Waals surface area (Å²) in [6.07, 6.45) is 2.82. The first-order valence-corrected chi connectivity index (χ1v) is 6.55. The highest BCUT2D eigenvalue weighted by molar-refractivity contribution is 4.78. The smallest absolute Gasteiger partial charge is 0.0718 e. The van der Waals surface area contributed by atoms with Crippen molar-refractivity contribution in [2.24, 2.45) is 0 Å². The maximum Gasteiger partial charge on any atom is 0.0718 e. The van der Waals surface area contributed by atoms with E-state index in [1.165, 1.54) is 0 Å². The Morgan fingerprint density at radius 2 is 1.71 bits per heavy atom. The van der Waals surface area contributed by atoms with Gasteiger partial charge in [-0.15, -0.1) is 0 Å². The first kappa shape index (κ1) is 14.4. The van der Waals surface area contributed by atoms with E-state index < -0.39 is 5.60 Å². The third-order valence-corrected chi connectivity index (χ3v) is 3.09. The molecule has 1 aliphatic rings. The topological polar surface area (TPSA) is 50.5 Å². The van der Waals surface area contributed by atoms with E-state index in [4.69, 9.17) is 5.26 Å². The monoisotopic (exact) mass is 239 g/mol. The first-order chi connectivity index (χ1) is 8.01. The zero-order chi connectivity index (χ0) is 12.7. The maximum absolute atomic E-state index is 9.75. The zero-order valence-corrected chi connectivity index (χ0v) is 11.2. The van der Waals surface area contributed by atoms with Gasteiger partial charge >= 0.3 is 0 Å². The van der Waals surface area contributed by atoms with Gasteiger partial charge in [-0.05, 0) is 33.2 Å². The molecule has 1 heterocycles. The van der Waals surface area contributed by atoms with Gasteiger partial charge in [0.15, 0.2) is 0 Å².